The number of nitrogens with zero attached hydrogens (tertiary/aromatic N) is 1. The Labute approximate surface area is 128 Å². The number of carbonyl (C=O) groups excluding carboxylic acids is 1. The summed E-state index contributed by atoms with van der Waals surface area (Å²) in [6.07, 6.45) is 2.63. The van der Waals surface area contributed by atoms with Gasteiger partial charge in [-0.15, -0.1) is 0 Å². The molecule has 2 N–H and O–H groups in total. The Hall–Kier alpha value is -1.07. The minimum absolute atomic E-state index is 0.134. The Balaban J connectivity index is 1.95. The molecular formula is C15H21BrN2O2. The normalized spacial score (nSPS) is 21.8. The van der Waals surface area contributed by atoms with Crippen molar-refractivity contribution in [3.63, 3.8) is 0 Å². The lowest BCUT2D eigenvalue weighted by Crippen LogP contribution is -2.37. The average Bonchev–Trinajstić information content (AvgIpc) is 2.80. The molecule has 4 nitrogen and oxygen atoms in total. The van der Waals surface area contributed by atoms with Gasteiger partial charge in [0.15, 0.2) is 0 Å². The minimum Gasteiger partial charge on any atom is -0.393 e. The van der Waals surface area contributed by atoms with Gasteiger partial charge in [-0.25, -0.2) is 4.79 Å². The number of urea groups is 1. The van der Waals surface area contributed by atoms with Crippen molar-refractivity contribution in [2.24, 2.45) is 5.92 Å². The minimum atomic E-state index is -0.266. The quantitative estimate of drug-likeness (QED) is 0.886. The highest BCUT2D eigenvalue weighted by Crippen LogP contribution is 2.27. The van der Waals surface area contributed by atoms with Gasteiger partial charge in [-0.3, -0.25) is 0 Å². The molecule has 0 bridgehead atoms. The maximum atomic E-state index is 12.2. The molecule has 1 aliphatic rings. The Kier molecular flexibility index (Phi) is 5.05. The van der Waals surface area contributed by atoms with Crippen LogP contribution < -0.4 is 5.32 Å². The Morgan fingerprint density at radius 3 is 2.90 bits per heavy atom. The molecule has 1 aromatic rings. The highest BCUT2D eigenvalue weighted by atomic mass is 79.9. The summed E-state index contributed by atoms with van der Waals surface area (Å²) in [6.45, 7) is 2.56. The van der Waals surface area contributed by atoms with Crippen LogP contribution >= 0.6 is 15.9 Å². The van der Waals surface area contributed by atoms with E-state index in [1.807, 2.05) is 25.1 Å². The maximum absolute atomic E-state index is 12.2. The first kappa shape index (κ1) is 15.3. The molecule has 0 aliphatic heterocycles. The molecule has 20 heavy (non-hydrogen) atoms. The summed E-state index contributed by atoms with van der Waals surface area (Å²) in [5.41, 5.74) is 1.82. The summed E-state index contributed by atoms with van der Waals surface area (Å²) in [7, 11) is 1.77. The predicted octanol–water partition coefficient (Wildman–Crippen LogP) is 3.38. The zero-order chi connectivity index (χ0) is 14.7. The largest absolute Gasteiger partial charge is 0.393 e. The summed E-state index contributed by atoms with van der Waals surface area (Å²) >= 11 is 3.45. The zero-order valence-corrected chi connectivity index (χ0v) is 13.5. The molecule has 2 rings (SSSR count). The highest BCUT2D eigenvalue weighted by Gasteiger charge is 2.27. The molecule has 110 valence electrons. The number of rotatable bonds is 3. The second kappa shape index (κ2) is 6.59. The third-order valence-corrected chi connectivity index (χ3v) is 4.84. The van der Waals surface area contributed by atoms with Crippen LogP contribution in [0.3, 0.4) is 0 Å². The van der Waals surface area contributed by atoms with Gasteiger partial charge < -0.3 is 15.3 Å². The molecule has 5 heteroatoms. The van der Waals surface area contributed by atoms with Crippen LogP contribution in [0.1, 0.15) is 24.8 Å². The van der Waals surface area contributed by atoms with Gasteiger partial charge in [-0.05, 0) is 37.5 Å². The van der Waals surface area contributed by atoms with Crippen LogP contribution in [0, 0.1) is 12.8 Å². The Bertz CT molecular complexity index is 493. The van der Waals surface area contributed by atoms with Crippen LogP contribution in [0.2, 0.25) is 0 Å². The van der Waals surface area contributed by atoms with E-state index in [2.05, 4.69) is 21.2 Å². The van der Waals surface area contributed by atoms with Crippen molar-refractivity contribution in [3.05, 3.63) is 28.2 Å². The van der Waals surface area contributed by atoms with Crippen molar-refractivity contribution >= 4 is 27.6 Å². The number of amides is 2. The molecule has 0 aromatic heterocycles. The van der Waals surface area contributed by atoms with E-state index in [0.29, 0.717) is 6.54 Å². The number of benzene rings is 1. The number of anilines is 1. The lowest BCUT2D eigenvalue weighted by atomic mass is 10.1. The zero-order valence-electron chi connectivity index (χ0n) is 11.9. The van der Waals surface area contributed by atoms with E-state index in [9.17, 15) is 9.90 Å². The van der Waals surface area contributed by atoms with Crippen molar-refractivity contribution in [2.45, 2.75) is 32.3 Å². The van der Waals surface area contributed by atoms with Gasteiger partial charge in [0.2, 0.25) is 0 Å². The fourth-order valence-corrected chi connectivity index (χ4v) is 2.98. The van der Waals surface area contributed by atoms with Gasteiger partial charge in [0.25, 0.3) is 0 Å². The summed E-state index contributed by atoms with van der Waals surface area (Å²) in [4.78, 5) is 13.8. The van der Waals surface area contributed by atoms with Gasteiger partial charge in [0, 0.05) is 29.7 Å². The van der Waals surface area contributed by atoms with E-state index in [4.69, 9.17) is 0 Å². The van der Waals surface area contributed by atoms with Crippen LogP contribution in [0.4, 0.5) is 10.5 Å². The number of nitrogens with one attached hydrogen (secondary N) is 1. The highest BCUT2D eigenvalue weighted by molar-refractivity contribution is 9.10. The van der Waals surface area contributed by atoms with E-state index < -0.39 is 0 Å². The van der Waals surface area contributed by atoms with E-state index in [0.717, 1.165) is 35.0 Å². The van der Waals surface area contributed by atoms with Crippen LogP contribution in [0.15, 0.2) is 22.7 Å². The fraction of sp³-hybridized carbons (Fsp3) is 0.533. The number of aliphatic hydroxyl groups is 1. The molecule has 1 saturated carbocycles. The Morgan fingerprint density at radius 1 is 1.50 bits per heavy atom. The fourth-order valence-electron chi connectivity index (χ4n) is 2.62. The van der Waals surface area contributed by atoms with E-state index in [1.165, 1.54) is 0 Å². The SMILES string of the molecule is Cc1c(Br)cccc1NC(=O)N(C)CC1CCCC1O. The summed E-state index contributed by atoms with van der Waals surface area (Å²) in [5.74, 6) is 0.203. The average molecular weight is 341 g/mol. The standard InChI is InChI=1S/C15H21BrN2O2/c1-10-12(16)6-4-7-13(10)17-15(20)18(2)9-11-5-3-8-14(11)19/h4,6-7,11,14,19H,3,5,8-9H2,1-2H3,(H,17,20). The van der Waals surface area contributed by atoms with Crippen LogP contribution in [-0.4, -0.2) is 35.7 Å². The number of carbonyl (C=O) groups is 1. The number of aliphatic hydroxyl groups excluding tert-OH is 1. The smallest absolute Gasteiger partial charge is 0.321 e. The number of hydrogen-bond donors (Lipinski definition) is 2. The molecule has 2 amide bonds. The predicted molar refractivity (Wildman–Crippen MR) is 83.9 cm³/mol. The molecular weight excluding hydrogens is 320 g/mol. The van der Waals surface area contributed by atoms with Gasteiger partial charge in [0.1, 0.15) is 0 Å². The van der Waals surface area contributed by atoms with Crippen molar-refractivity contribution in [1.82, 2.24) is 4.90 Å². The monoisotopic (exact) mass is 340 g/mol. The van der Waals surface area contributed by atoms with E-state index in [-0.39, 0.29) is 18.1 Å². The lowest BCUT2D eigenvalue weighted by molar-refractivity contribution is 0.116. The first-order valence-corrected chi connectivity index (χ1v) is 7.73. The second-order valence-corrected chi connectivity index (χ2v) is 6.34. The van der Waals surface area contributed by atoms with Gasteiger partial charge >= 0.3 is 6.03 Å². The molecule has 1 fully saturated rings. The third kappa shape index (κ3) is 3.52. The van der Waals surface area contributed by atoms with Crippen molar-refractivity contribution in [1.29, 1.82) is 0 Å². The van der Waals surface area contributed by atoms with Crippen LogP contribution in [-0.2, 0) is 0 Å². The van der Waals surface area contributed by atoms with Crippen molar-refractivity contribution in [3.8, 4) is 0 Å². The van der Waals surface area contributed by atoms with Crippen LogP contribution in [0.5, 0.6) is 0 Å². The lowest BCUT2D eigenvalue weighted by Gasteiger charge is -2.24. The van der Waals surface area contributed by atoms with Crippen molar-refractivity contribution < 1.29 is 9.90 Å². The van der Waals surface area contributed by atoms with E-state index >= 15 is 0 Å². The Morgan fingerprint density at radius 2 is 2.25 bits per heavy atom. The van der Waals surface area contributed by atoms with Gasteiger partial charge in [-0.2, -0.15) is 0 Å². The first-order chi connectivity index (χ1) is 9.49. The van der Waals surface area contributed by atoms with Crippen LogP contribution in [0.25, 0.3) is 0 Å². The molecule has 2 unspecified atom stereocenters. The topological polar surface area (TPSA) is 52.6 Å². The molecule has 0 radical (unpaired) electrons. The molecule has 1 aromatic carbocycles. The van der Waals surface area contributed by atoms with Gasteiger partial charge in [0.05, 0.1) is 6.10 Å². The first-order valence-electron chi connectivity index (χ1n) is 6.94. The number of hydrogen-bond acceptors (Lipinski definition) is 2. The molecule has 0 heterocycles. The summed E-state index contributed by atoms with van der Waals surface area (Å²) in [6, 6.07) is 5.60. The molecule has 2 atom stereocenters. The molecule has 0 spiro atoms. The third-order valence-electron chi connectivity index (χ3n) is 3.98. The molecule has 0 saturated heterocycles. The van der Waals surface area contributed by atoms with Crippen molar-refractivity contribution in [2.75, 3.05) is 18.9 Å². The van der Waals surface area contributed by atoms with E-state index in [1.54, 1.807) is 11.9 Å². The van der Waals surface area contributed by atoms with Gasteiger partial charge in [-0.1, -0.05) is 28.4 Å². The number of halogens is 1. The maximum Gasteiger partial charge on any atom is 0.321 e. The summed E-state index contributed by atoms with van der Waals surface area (Å²) < 4.78 is 0.976. The molecule has 1 aliphatic carbocycles. The second-order valence-electron chi connectivity index (χ2n) is 5.48. The summed E-state index contributed by atoms with van der Waals surface area (Å²) in [5, 5.41) is 12.7.